The number of sulfonamides is 1. The summed E-state index contributed by atoms with van der Waals surface area (Å²) in [5, 5.41) is 9.45. The maximum Gasteiger partial charge on any atom is 0.240 e. The van der Waals surface area contributed by atoms with Gasteiger partial charge in [-0.3, -0.25) is 4.90 Å². The maximum atomic E-state index is 12.7. The molecule has 2 aromatic rings. The lowest BCUT2D eigenvalue weighted by atomic mass is 9.92. The van der Waals surface area contributed by atoms with Gasteiger partial charge in [0.15, 0.2) is 0 Å². The predicted molar refractivity (Wildman–Crippen MR) is 128 cm³/mol. The van der Waals surface area contributed by atoms with Gasteiger partial charge in [0.1, 0.15) is 5.76 Å². The number of nitrogens with zero attached hydrogens (tertiary/aromatic N) is 1. The molecule has 2 N–H and O–H groups in total. The molecule has 2 aliphatic rings. The van der Waals surface area contributed by atoms with E-state index >= 15 is 0 Å². The third-order valence-corrected chi connectivity index (χ3v) is 7.76. The highest BCUT2D eigenvalue weighted by Crippen LogP contribution is 2.27. The molecule has 0 spiro atoms. The second-order valence-corrected chi connectivity index (χ2v) is 10.5. The zero-order valence-electron chi connectivity index (χ0n) is 18.4. The van der Waals surface area contributed by atoms with Crippen LogP contribution < -0.4 is 4.72 Å². The van der Waals surface area contributed by atoms with Crippen LogP contribution in [0.25, 0.3) is 0 Å². The van der Waals surface area contributed by atoms with E-state index < -0.39 is 10.0 Å². The second kappa shape index (κ2) is 10.5. The van der Waals surface area contributed by atoms with Crippen LogP contribution in [0.3, 0.4) is 0 Å². The van der Waals surface area contributed by atoms with Crippen LogP contribution in [0, 0.1) is 0 Å². The van der Waals surface area contributed by atoms with Crippen LogP contribution in [0.4, 0.5) is 0 Å². The molecule has 6 heteroatoms. The molecule has 1 unspecified atom stereocenters. The average Bonchev–Trinajstić information content (AvgIpc) is 2.81. The van der Waals surface area contributed by atoms with Crippen LogP contribution in [0.5, 0.6) is 0 Å². The van der Waals surface area contributed by atoms with E-state index in [4.69, 9.17) is 0 Å². The molecule has 1 atom stereocenters. The highest BCUT2D eigenvalue weighted by Gasteiger charge is 2.16. The number of aliphatic hydroxyl groups is 1. The number of hydrogen-bond acceptors (Lipinski definition) is 4. The van der Waals surface area contributed by atoms with E-state index in [1.54, 1.807) is 24.3 Å². The third-order valence-electron chi connectivity index (χ3n) is 6.28. The van der Waals surface area contributed by atoms with Gasteiger partial charge in [-0.05, 0) is 79.7 Å². The van der Waals surface area contributed by atoms with Crippen LogP contribution in [0.15, 0.2) is 77.4 Å². The van der Waals surface area contributed by atoms with Crippen LogP contribution in [-0.4, -0.2) is 38.1 Å². The number of rotatable bonds is 8. The Morgan fingerprint density at radius 1 is 0.938 bits per heavy atom. The summed E-state index contributed by atoms with van der Waals surface area (Å²) in [5.74, 6) is 0.440. The molecule has 1 aliphatic carbocycles. The Morgan fingerprint density at radius 3 is 2.28 bits per heavy atom. The summed E-state index contributed by atoms with van der Waals surface area (Å²) in [5.41, 5.74) is 3.48. The van der Waals surface area contributed by atoms with E-state index in [0.717, 1.165) is 17.7 Å². The summed E-state index contributed by atoms with van der Waals surface area (Å²) in [4.78, 5) is 2.78. The molecule has 1 aliphatic heterocycles. The Kier molecular flexibility index (Phi) is 7.45. The molecular weight excluding hydrogens is 420 g/mol. The number of piperidine rings is 1. The Labute approximate surface area is 191 Å². The molecule has 0 saturated carbocycles. The van der Waals surface area contributed by atoms with Crippen molar-refractivity contribution >= 4 is 10.0 Å². The third kappa shape index (κ3) is 6.09. The maximum absolute atomic E-state index is 12.7. The van der Waals surface area contributed by atoms with E-state index in [2.05, 4.69) is 33.9 Å². The van der Waals surface area contributed by atoms with Gasteiger partial charge in [0.2, 0.25) is 10.0 Å². The van der Waals surface area contributed by atoms with E-state index in [1.165, 1.54) is 37.9 Å². The lowest BCUT2D eigenvalue weighted by Crippen LogP contribution is -2.29. The largest absolute Gasteiger partial charge is 0.508 e. The summed E-state index contributed by atoms with van der Waals surface area (Å²) < 4.78 is 28.0. The molecule has 0 bridgehead atoms. The fourth-order valence-corrected chi connectivity index (χ4v) is 5.38. The highest BCUT2D eigenvalue weighted by atomic mass is 32.2. The Balaban J connectivity index is 1.27. The normalized spacial score (nSPS) is 19.6. The lowest BCUT2D eigenvalue weighted by molar-refractivity contribution is 0.221. The van der Waals surface area contributed by atoms with Crippen molar-refractivity contribution in [1.29, 1.82) is 0 Å². The summed E-state index contributed by atoms with van der Waals surface area (Å²) in [6.07, 6.45) is 10.7. The molecule has 32 heavy (non-hydrogen) atoms. The van der Waals surface area contributed by atoms with Gasteiger partial charge in [-0.25, -0.2) is 13.1 Å². The Morgan fingerprint density at radius 2 is 1.62 bits per heavy atom. The Hall–Kier alpha value is -2.41. The summed E-state index contributed by atoms with van der Waals surface area (Å²) >= 11 is 0. The number of allylic oxidation sites excluding steroid dienone is 3. The van der Waals surface area contributed by atoms with Crippen LogP contribution in [0.1, 0.15) is 48.3 Å². The standard InChI is InChI=1S/C26H32N2O3S/c29-25-12-8-23(9-13-25)24-10-14-26(15-11-24)32(30,31)27-17-16-21-4-6-22(7-5-21)20-28-18-2-1-3-19-28/h4-8,10-15,23,27,29H,1-3,9,16-20H2. The molecule has 170 valence electrons. The van der Waals surface area contributed by atoms with Crippen LogP contribution in [0.2, 0.25) is 0 Å². The topological polar surface area (TPSA) is 69.6 Å². The van der Waals surface area contributed by atoms with Crippen molar-refractivity contribution in [2.24, 2.45) is 0 Å². The van der Waals surface area contributed by atoms with E-state index in [1.807, 2.05) is 18.2 Å². The fourth-order valence-electron chi connectivity index (χ4n) is 4.35. The molecule has 1 saturated heterocycles. The van der Waals surface area contributed by atoms with E-state index in [0.29, 0.717) is 19.4 Å². The fraction of sp³-hybridized carbons (Fsp3) is 0.385. The smallest absolute Gasteiger partial charge is 0.240 e. The van der Waals surface area contributed by atoms with Crippen LogP contribution >= 0.6 is 0 Å². The van der Waals surface area contributed by atoms with Gasteiger partial charge in [0.25, 0.3) is 0 Å². The summed E-state index contributed by atoms with van der Waals surface area (Å²) in [7, 11) is -3.54. The number of benzene rings is 2. The van der Waals surface area contributed by atoms with Crippen molar-refractivity contribution in [3.8, 4) is 0 Å². The van der Waals surface area contributed by atoms with Gasteiger partial charge in [-0.1, -0.05) is 48.9 Å². The average molecular weight is 453 g/mol. The minimum Gasteiger partial charge on any atom is -0.508 e. The van der Waals surface area contributed by atoms with Crippen LogP contribution in [-0.2, 0) is 23.0 Å². The van der Waals surface area contributed by atoms with Gasteiger partial charge in [-0.15, -0.1) is 0 Å². The van der Waals surface area contributed by atoms with E-state index in [-0.39, 0.29) is 16.6 Å². The van der Waals surface area contributed by atoms with Gasteiger partial charge in [0.05, 0.1) is 4.90 Å². The van der Waals surface area contributed by atoms with Crippen molar-refractivity contribution in [2.75, 3.05) is 19.6 Å². The molecule has 4 rings (SSSR count). The first-order chi connectivity index (χ1) is 15.5. The van der Waals surface area contributed by atoms with Gasteiger partial charge < -0.3 is 5.11 Å². The molecule has 0 aromatic heterocycles. The summed E-state index contributed by atoms with van der Waals surface area (Å²) in [6, 6.07) is 15.5. The lowest BCUT2D eigenvalue weighted by Gasteiger charge is -2.26. The summed E-state index contributed by atoms with van der Waals surface area (Å²) in [6.45, 7) is 3.73. The number of aliphatic hydroxyl groups excluding tert-OH is 1. The van der Waals surface area contributed by atoms with Gasteiger partial charge >= 0.3 is 0 Å². The molecule has 0 amide bonds. The SMILES string of the molecule is O=S(=O)(NCCc1ccc(CN2CCCCC2)cc1)c1ccc(C2C=CC(O)=CC2)cc1. The monoisotopic (exact) mass is 452 g/mol. The molecule has 1 heterocycles. The van der Waals surface area contributed by atoms with Crippen molar-refractivity contribution < 1.29 is 13.5 Å². The first kappa shape index (κ1) is 22.8. The Bertz CT molecular complexity index is 1050. The number of likely N-dealkylation sites (tertiary alicyclic amines) is 1. The number of nitrogens with one attached hydrogen (secondary N) is 1. The first-order valence-electron chi connectivity index (χ1n) is 11.5. The predicted octanol–water partition coefficient (Wildman–Crippen LogP) is 4.68. The molecule has 1 fully saturated rings. The molecular formula is C26H32N2O3S. The number of hydrogen-bond donors (Lipinski definition) is 2. The van der Waals surface area contributed by atoms with Crippen molar-refractivity contribution in [1.82, 2.24) is 9.62 Å². The van der Waals surface area contributed by atoms with Gasteiger partial charge in [0, 0.05) is 19.0 Å². The zero-order chi connectivity index (χ0) is 22.4. The quantitative estimate of drug-likeness (QED) is 0.610. The molecule has 5 nitrogen and oxygen atoms in total. The molecule has 0 radical (unpaired) electrons. The molecule has 2 aromatic carbocycles. The van der Waals surface area contributed by atoms with Gasteiger partial charge in [-0.2, -0.15) is 0 Å². The zero-order valence-corrected chi connectivity index (χ0v) is 19.2. The minimum atomic E-state index is -3.54. The minimum absolute atomic E-state index is 0.161. The first-order valence-corrected chi connectivity index (χ1v) is 12.9. The van der Waals surface area contributed by atoms with E-state index in [9.17, 15) is 13.5 Å². The highest BCUT2D eigenvalue weighted by molar-refractivity contribution is 7.89. The van der Waals surface area contributed by atoms with Crippen molar-refractivity contribution in [3.63, 3.8) is 0 Å². The van der Waals surface area contributed by atoms with Crippen molar-refractivity contribution in [3.05, 3.63) is 89.2 Å². The van der Waals surface area contributed by atoms with Crippen molar-refractivity contribution in [2.45, 2.75) is 49.5 Å². The second-order valence-electron chi connectivity index (χ2n) is 8.70.